The topological polar surface area (TPSA) is 91.5 Å². The molecule has 2 N–H and O–H groups in total. The van der Waals surface area contributed by atoms with E-state index in [0.29, 0.717) is 11.6 Å². The average molecular weight is 452 g/mol. The number of halogens is 1. The fraction of sp³-hybridized carbons (Fsp3) is 0.304. The highest BCUT2D eigenvalue weighted by atomic mass is 35.5. The Labute approximate surface area is 192 Å². The number of hydrogen-bond acceptors (Lipinski definition) is 7. The normalized spacial score (nSPS) is 14.1. The van der Waals surface area contributed by atoms with Crippen LogP contribution in [0.25, 0.3) is 11.1 Å². The van der Waals surface area contributed by atoms with Crippen molar-refractivity contribution in [3.63, 3.8) is 0 Å². The molecule has 4 rings (SSSR count). The maximum Gasteiger partial charge on any atom is 0.231 e. The number of hydrogen-bond donors (Lipinski definition) is 1. The van der Waals surface area contributed by atoms with Gasteiger partial charge in [-0.15, -0.1) is 0 Å². The lowest BCUT2D eigenvalue weighted by atomic mass is 10.1. The maximum absolute atomic E-state index is 11.1. The van der Waals surface area contributed by atoms with E-state index in [-0.39, 0.29) is 12.5 Å². The van der Waals surface area contributed by atoms with Gasteiger partial charge in [-0.2, -0.15) is 0 Å². The minimum atomic E-state index is -0.336. The molecule has 1 saturated heterocycles. The summed E-state index contributed by atoms with van der Waals surface area (Å²) in [6.07, 6.45) is 5.48. The van der Waals surface area contributed by atoms with E-state index in [0.717, 1.165) is 54.6 Å². The summed E-state index contributed by atoms with van der Waals surface area (Å²) in [7, 11) is 1.87. The van der Waals surface area contributed by atoms with Gasteiger partial charge in [0.2, 0.25) is 11.9 Å². The maximum atomic E-state index is 11.1. The Bertz CT molecular complexity index is 1070. The fourth-order valence-electron chi connectivity index (χ4n) is 3.84. The Morgan fingerprint density at radius 2 is 1.75 bits per heavy atom. The van der Waals surface area contributed by atoms with Crippen LogP contribution in [0.4, 0.5) is 11.8 Å². The lowest BCUT2D eigenvalue weighted by Gasteiger charge is -2.35. The van der Waals surface area contributed by atoms with Crippen molar-refractivity contribution in [2.45, 2.75) is 6.54 Å². The van der Waals surface area contributed by atoms with E-state index in [2.05, 4.69) is 30.8 Å². The average Bonchev–Trinajstić information content (AvgIpc) is 2.79. The minimum Gasteiger partial charge on any atom is -0.369 e. The molecule has 32 heavy (non-hydrogen) atoms. The molecule has 0 bridgehead atoms. The van der Waals surface area contributed by atoms with E-state index in [9.17, 15) is 4.79 Å². The molecule has 1 aromatic carbocycles. The second-order valence-corrected chi connectivity index (χ2v) is 8.30. The van der Waals surface area contributed by atoms with E-state index < -0.39 is 0 Å². The lowest BCUT2D eigenvalue weighted by molar-refractivity contribution is -0.118. The fourth-order valence-corrected chi connectivity index (χ4v) is 4.09. The van der Waals surface area contributed by atoms with Gasteiger partial charge in [0.05, 0.1) is 11.6 Å². The quantitative estimate of drug-likeness (QED) is 0.589. The van der Waals surface area contributed by atoms with Crippen LogP contribution in [0.3, 0.4) is 0 Å². The Morgan fingerprint density at radius 3 is 2.44 bits per heavy atom. The molecule has 0 aliphatic carbocycles. The van der Waals surface area contributed by atoms with Crippen LogP contribution in [0, 0.1) is 0 Å². The lowest BCUT2D eigenvalue weighted by Crippen LogP contribution is -2.47. The number of nitrogens with zero attached hydrogens (tertiary/aromatic N) is 6. The molecule has 0 spiro atoms. The molecule has 3 heterocycles. The van der Waals surface area contributed by atoms with Crippen LogP contribution in [-0.2, 0) is 11.3 Å². The van der Waals surface area contributed by atoms with Crippen molar-refractivity contribution in [3.8, 4) is 11.1 Å². The number of anilines is 2. The molecule has 9 heteroatoms. The van der Waals surface area contributed by atoms with Crippen LogP contribution >= 0.6 is 11.6 Å². The Kier molecular flexibility index (Phi) is 6.82. The molecular formula is C23H26ClN7O. The standard InChI is InChI=1S/C23H26ClN7O/c1-29(16-21(25)32)15-17-4-2-5-18(12-17)19-13-27-23(28-14-19)31-10-8-30(9-11-31)22-20(24)6-3-7-26-22/h2-7,12-14H,8-11,15-16H2,1H3,(H2,25,32). The zero-order chi connectivity index (χ0) is 22.5. The van der Waals surface area contributed by atoms with Crippen LogP contribution in [0.15, 0.2) is 55.0 Å². The zero-order valence-electron chi connectivity index (χ0n) is 18.0. The predicted molar refractivity (Wildman–Crippen MR) is 127 cm³/mol. The number of likely N-dealkylation sites (N-methyl/N-ethyl adjacent to an activating group) is 1. The summed E-state index contributed by atoms with van der Waals surface area (Å²) in [5.41, 5.74) is 8.36. The summed E-state index contributed by atoms with van der Waals surface area (Å²) >= 11 is 6.28. The number of benzene rings is 1. The van der Waals surface area contributed by atoms with Crippen LogP contribution in [0.5, 0.6) is 0 Å². The van der Waals surface area contributed by atoms with Crippen molar-refractivity contribution in [2.24, 2.45) is 5.73 Å². The van der Waals surface area contributed by atoms with Gasteiger partial charge in [-0.3, -0.25) is 9.69 Å². The van der Waals surface area contributed by atoms with Crippen molar-refractivity contribution in [3.05, 3.63) is 65.6 Å². The molecule has 166 valence electrons. The number of nitrogens with two attached hydrogens (primary N) is 1. The molecular weight excluding hydrogens is 426 g/mol. The molecule has 0 unspecified atom stereocenters. The number of carbonyl (C=O) groups is 1. The number of rotatable bonds is 7. The van der Waals surface area contributed by atoms with E-state index >= 15 is 0 Å². The highest BCUT2D eigenvalue weighted by molar-refractivity contribution is 6.32. The number of primary amides is 1. The third kappa shape index (κ3) is 5.33. The van der Waals surface area contributed by atoms with Gasteiger partial charge >= 0.3 is 0 Å². The largest absolute Gasteiger partial charge is 0.369 e. The van der Waals surface area contributed by atoms with Crippen molar-refractivity contribution < 1.29 is 4.79 Å². The summed E-state index contributed by atoms with van der Waals surface area (Å²) in [5, 5.41) is 0.671. The molecule has 2 aromatic heterocycles. The van der Waals surface area contributed by atoms with Crippen molar-refractivity contribution in [1.82, 2.24) is 19.9 Å². The number of piperazine rings is 1. The molecule has 0 saturated carbocycles. The summed E-state index contributed by atoms with van der Waals surface area (Å²) in [5.74, 6) is 1.21. The molecule has 1 aliphatic rings. The van der Waals surface area contributed by atoms with Gasteiger partial charge in [-0.25, -0.2) is 15.0 Å². The molecule has 0 radical (unpaired) electrons. The Balaban J connectivity index is 1.39. The monoisotopic (exact) mass is 451 g/mol. The van der Waals surface area contributed by atoms with E-state index in [1.54, 1.807) is 6.20 Å². The van der Waals surface area contributed by atoms with E-state index in [4.69, 9.17) is 17.3 Å². The number of aromatic nitrogens is 3. The third-order valence-electron chi connectivity index (χ3n) is 5.38. The summed E-state index contributed by atoms with van der Waals surface area (Å²) in [6.45, 7) is 4.08. The van der Waals surface area contributed by atoms with Gasteiger partial charge < -0.3 is 15.5 Å². The highest BCUT2D eigenvalue weighted by Gasteiger charge is 2.21. The minimum absolute atomic E-state index is 0.224. The zero-order valence-corrected chi connectivity index (χ0v) is 18.7. The van der Waals surface area contributed by atoms with Gasteiger partial charge in [-0.1, -0.05) is 29.8 Å². The van der Waals surface area contributed by atoms with Crippen LogP contribution in [0.1, 0.15) is 5.56 Å². The van der Waals surface area contributed by atoms with Crippen molar-refractivity contribution in [2.75, 3.05) is 49.6 Å². The predicted octanol–water partition coefficient (Wildman–Crippen LogP) is 2.44. The van der Waals surface area contributed by atoms with Gasteiger partial charge in [0, 0.05) is 56.9 Å². The second kappa shape index (κ2) is 9.93. The van der Waals surface area contributed by atoms with Crippen LogP contribution in [0.2, 0.25) is 5.02 Å². The first-order valence-electron chi connectivity index (χ1n) is 10.5. The first kappa shape index (κ1) is 22.0. The molecule has 1 aliphatic heterocycles. The Morgan fingerprint density at radius 1 is 1.03 bits per heavy atom. The molecule has 1 fully saturated rings. The highest BCUT2D eigenvalue weighted by Crippen LogP contribution is 2.25. The summed E-state index contributed by atoms with van der Waals surface area (Å²) < 4.78 is 0. The SMILES string of the molecule is CN(CC(N)=O)Cc1cccc(-c2cnc(N3CCN(c4ncccc4Cl)CC3)nc2)c1. The Hall–Kier alpha value is -3.23. The molecule has 0 atom stereocenters. The van der Waals surface area contributed by atoms with Crippen molar-refractivity contribution in [1.29, 1.82) is 0 Å². The molecule has 3 aromatic rings. The van der Waals surface area contributed by atoms with Crippen molar-refractivity contribution >= 4 is 29.3 Å². The smallest absolute Gasteiger partial charge is 0.231 e. The summed E-state index contributed by atoms with van der Waals surface area (Å²) in [6, 6.07) is 11.9. The van der Waals surface area contributed by atoms with Gasteiger partial charge in [0.1, 0.15) is 5.82 Å². The first-order chi connectivity index (χ1) is 15.5. The third-order valence-corrected chi connectivity index (χ3v) is 5.67. The van der Waals surface area contributed by atoms with Gasteiger partial charge in [0.25, 0.3) is 0 Å². The molecule has 8 nitrogen and oxygen atoms in total. The van der Waals surface area contributed by atoms with Gasteiger partial charge in [0.15, 0.2) is 0 Å². The second-order valence-electron chi connectivity index (χ2n) is 7.89. The number of carbonyl (C=O) groups excluding carboxylic acids is 1. The van der Waals surface area contributed by atoms with Crippen LogP contribution in [-0.4, -0.2) is 65.5 Å². The summed E-state index contributed by atoms with van der Waals surface area (Å²) in [4.78, 5) is 31.0. The van der Waals surface area contributed by atoms with E-state index in [1.165, 1.54) is 0 Å². The number of amides is 1. The number of pyridine rings is 1. The molecule has 1 amide bonds. The van der Waals surface area contributed by atoms with Crippen LogP contribution < -0.4 is 15.5 Å². The van der Waals surface area contributed by atoms with E-state index in [1.807, 2.05) is 54.7 Å². The first-order valence-corrected chi connectivity index (χ1v) is 10.9. The van der Waals surface area contributed by atoms with Gasteiger partial charge in [-0.05, 0) is 36.4 Å².